The second-order valence-corrected chi connectivity index (χ2v) is 8.63. The van der Waals surface area contributed by atoms with Gasteiger partial charge in [-0.25, -0.2) is 4.98 Å². The van der Waals surface area contributed by atoms with Crippen LogP contribution >= 0.6 is 11.3 Å². The number of hydrogen-bond donors (Lipinski definition) is 1. The summed E-state index contributed by atoms with van der Waals surface area (Å²) >= 11 is 1.71. The van der Waals surface area contributed by atoms with Crippen LogP contribution in [0.15, 0.2) is 66.2 Å². The molecule has 0 spiro atoms. The van der Waals surface area contributed by atoms with Crippen LogP contribution in [0, 0.1) is 0 Å². The molecule has 0 atom stereocenters. The lowest BCUT2D eigenvalue weighted by Crippen LogP contribution is -2.48. The Hall–Kier alpha value is -2.96. The first kappa shape index (κ1) is 19.0. The van der Waals surface area contributed by atoms with Crippen molar-refractivity contribution in [3.63, 3.8) is 0 Å². The summed E-state index contributed by atoms with van der Waals surface area (Å²) in [5.41, 5.74) is 4.37. The zero-order valence-electron chi connectivity index (χ0n) is 16.8. The van der Waals surface area contributed by atoms with Gasteiger partial charge < -0.3 is 9.88 Å². The van der Waals surface area contributed by atoms with Gasteiger partial charge >= 0.3 is 0 Å². The van der Waals surface area contributed by atoms with Gasteiger partial charge in [-0.1, -0.05) is 48.5 Å². The predicted octanol–water partition coefficient (Wildman–Crippen LogP) is 4.18. The van der Waals surface area contributed by atoms with Crippen LogP contribution in [-0.4, -0.2) is 51.9 Å². The number of hydrogen-bond acceptors (Lipinski definition) is 4. The third kappa shape index (κ3) is 4.01. The third-order valence-corrected chi connectivity index (χ3v) is 6.56. The van der Waals surface area contributed by atoms with Crippen molar-refractivity contribution < 1.29 is 4.79 Å². The second-order valence-electron chi connectivity index (χ2n) is 7.69. The first-order chi connectivity index (χ1) is 14.8. The molecular formula is C24H24N4OS. The van der Waals surface area contributed by atoms with Gasteiger partial charge in [0.05, 0.1) is 18.7 Å². The van der Waals surface area contributed by atoms with E-state index in [4.69, 9.17) is 4.98 Å². The number of nitrogens with zero attached hydrogens (tertiary/aromatic N) is 3. The molecule has 3 heterocycles. The monoisotopic (exact) mass is 416 g/mol. The SMILES string of the molecule is O=C(Cc1c[nH]c2ccccc12)N1CCN(Cc2nc(-c3ccccc3)cs2)CC1. The van der Waals surface area contributed by atoms with E-state index in [2.05, 4.69) is 33.5 Å². The normalized spacial score (nSPS) is 15.0. The molecule has 1 N–H and O–H groups in total. The Kier molecular flexibility index (Phi) is 5.34. The van der Waals surface area contributed by atoms with E-state index in [9.17, 15) is 4.79 Å². The molecule has 1 aliphatic rings. The maximum absolute atomic E-state index is 12.8. The zero-order valence-corrected chi connectivity index (χ0v) is 17.6. The molecule has 1 aliphatic heterocycles. The smallest absolute Gasteiger partial charge is 0.227 e. The summed E-state index contributed by atoms with van der Waals surface area (Å²) in [6.07, 6.45) is 2.42. The van der Waals surface area contributed by atoms with E-state index in [0.29, 0.717) is 6.42 Å². The Bertz CT molecular complexity index is 1140. The summed E-state index contributed by atoms with van der Waals surface area (Å²) in [7, 11) is 0. The summed E-state index contributed by atoms with van der Waals surface area (Å²) in [6.45, 7) is 4.18. The van der Waals surface area contributed by atoms with Crippen LogP contribution in [0.1, 0.15) is 10.6 Å². The van der Waals surface area contributed by atoms with E-state index in [1.807, 2.05) is 47.5 Å². The molecule has 2 aromatic carbocycles. The molecule has 1 fully saturated rings. The van der Waals surface area contributed by atoms with Crippen molar-refractivity contribution in [3.05, 3.63) is 76.7 Å². The van der Waals surface area contributed by atoms with E-state index in [1.54, 1.807) is 11.3 Å². The first-order valence-electron chi connectivity index (χ1n) is 10.3. The Labute approximate surface area is 180 Å². The number of rotatable bonds is 5. The maximum Gasteiger partial charge on any atom is 0.227 e. The zero-order chi connectivity index (χ0) is 20.3. The maximum atomic E-state index is 12.8. The molecule has 0 radical (unpaired) electrons. The summed E-state index contributed by atoms with van der Waals surface area (Å²) in [5, 5.41) is 4.40. The number of para-hydroxylation sites is 1. The van der Waals surface area contributed by atoms with Crippen molar-refractivity contribution in [2.24, 2.45) is 0 Å². The van der Waals surface area contributed by atoms with Crippen LogP contribution in [0.2, 0.25) is 0 Å². The summed E-state index contributed by atoms with van der Waals surface area (Å²) < 4.78 is 0. The molecular weight excluding hydrogens is 392 g/mol. The van der Waals surface area contributed by atoms with Gasteiger partial charge in [0.2, 0.25) is 5.91 Å². The summed E-state index contributed by atoms with van der Waals surface area (Å²) in [5.74, 6) is 0.208. The van der Waals surface area contributed by atoms with Gasteiger partial charge in [0.25, 0.3) is 0 Å². The number of fused-ring (bicyclic) bond motifs is 1. The van der Waals surface area contributed by atoms with Gasteiger partial charge in [0, 0.05) is 54.2 Å². The molecule has 6 heteroatoms. The minimum Gasteiger partial charge on any atom is -0.361 e. The first-order valence-corrected chi connectivity index (χ1v) is 11.2. The number of thiazole rings is 1. The number of benzene rings is 2. The highest BCUT2D eigenvalue weighted by Crippen LogP contribution is 2.23. The number of amides is 1. The average Bonchev–Trinajstić information content (AvgIpc) is 3.42. The predicted molar refractivity (Wildman–Crippen MR) is 121 cm³/mol. The van der Waals surface area contributed by atoms with Gasteiger partial charge in [0.1, 0.15) is 5.01 Å². The Balaban J connectivity index is 1.16. The largest absolute Gasteiger partial charge is 0.361 e. The van der Waals surface area contributed by atoms with E-state index in [1.165, 1.54) is 0 Å². The van der Waals surface area contributed by atoms with Gasteiger partial charge in [-0.2, -0.15) is 0 Å². The molecule has 0 unspecified atom stereocenters. The number of nitrogens with one attached hydrogen (secondary N) is 1. The topological polar surface area (TPSA) is 52.2 Å². The summed E-state index contributed by atoms with van der Waals surface area (Å²) in [4.78, 5) is 25.3. The van der Waals surface area contributed by atoms with Crippen LogP contribution in [0.25, 0.3) is 22.2 Å². The molecule has 5 rings (SSSR count). The lowest BCUT2D eigenvalue weighted by Gasteiger charge is -2.34. The molecule has 0 bridgehead atoms. The lowest BCUT2D eigenvalue weighted by atomic mass is 10.1. The van der Waals surface area contributed by atoms with Crippen molar-refractivity contribution in [2.45, 2.75) is 13.0 Å². The Morgan fingerprint density at radius 2 is 1.77 bits per heavy atom. The molecule has 0 saturated carbocycles. The van der Waals surface area contributed by atoms with E-state index >= 15 is 0 Å². The molecule has 30 heavy (non-hydrogen) atoms. The fourth-order valence-corrected chi connectivity index (χ4v) is 4.87. The fourth-order valence-electron chi connectivity index (χ4n) is 4.02. The van der Waals surface area contributed by atoms with E-state index < -0.39 is 0 Å². The van der Waals surface area contributed by atoms with Crippen molar-refractivity contribution in [3.8, 4) is 11.3 Å². The van der Waals surface area contributed by atoms with Crippen molar-refractivity contribution in [1.29, 1.82) is 0 Å². The van der Waals surface area contributed by atoms with Crippen LogP contribution in [0.5, 0.6) is 0 Å². The highest BCUT2D eigenvalue weighted by atomic mass is 32.1. The van der Waals surface area contributed by atoms with Crippen LogP contribution in [0.4, 0.5) is 0 Å². The van der Waals surface area contributed by atoms with Crippen LogP contribution < -0.4 is 0 Å². The number of carbonyl (C=O) groups excluding carboxylic acids is 1. The van der Waals surface area contributed by atoms with Gasteiger partial charge in [-0.15, -0.1) is 11.3 Å². The van der Waals surface area contributed by atoms with Gasteiger partial charge in [-0.3, -0.25) is 9.69 Å². The van der Waals surface area contributed by atoms with Crippen LogP contribution in [-0.2, 0) is 17.8 Å². The van der Waals surface area contributed by atoms with E-state index in [-0.39, 0.29) is 5.91 Å². The molecule has 1 saturated heterocycles. The quantitative estimate of drug-likeness (QED) is 0.531. The van der Waals surface area contributed by atoms with Gasteiger partial charge in [-0.05, 0) is 11.6 Å². The second kappa shape index (κ2) is 8.42. The minimum absolute atomic E-state index is 0.208. The summed E-state index contributed by atoms with van der Waals surface area (Å²) in [6, 6.07) is 18.4. The number of H-pyrrole nitrogens is 1. The van der Waals surface area contributed by atoms with Crippen LogP contribution in [0.3, 0.4) is 0 Å². The average molecular weight is 417 g/mol. The minimum atomic E-state index is 0.208. The molecule has 4 aromatic rings. The molecule has 0 aliphatic carbocycles. The third-order valence-electron chi connectivity index (χ3n) is 5.72. The molecule has 1 amide bonds. The van der Waals surface area contributed by atoms with Crippen molar-refractivity contribution in [1.82, 2.24) is 19.8 Å². The highest BCUT2D eigenvalue weighted by Gasteiger charge is 2.22. The lowest BCUT2D eigenvalue weighted by molar-refractivity contribution is -0.132. The fraction of sp³-hybridized carbons (Fsp3) is 0.250. The molecule has 152 valence electrons. The van der Waals surface area contributed by atoms with E-state index in [0.717, 1.165) is 65.5 Å². The highest BCUT2D eigenvalue weighted by molar-refractivity contribution is 7.09. The molecule has 5 nitrogen and oxygen atoms in total. The number of aromatic amines is 1. The number of carbonyl (C=O) groups is 1. The van der Waals surface area contributed by atoms with Crippen molar-refractivity contribution >= 4 is 28.1 Å². The van der Waals surface area contributed by atoms with Gasteiger partial charge in [0.15, 0.2) is 0 Å². The van der Waals surface area contributed by atoms with Crippen molar-refractivity contribution in [2.75, 3.05) is 26.2 Å². The molecule has 2 aromatic heterocycles. The Morgan fingerprint density at radius 1 is 1.00 bits per heavy atom. The Morgan fingerprint density at radius 3 is 2.60 bits per heavy atom. The number of aromatic nitrogens is 2. The number of piperazine rings is 1. The standard InChI is InChI=1S/C24H24N4OS/c29-24(14-19-15-25-21-9-5-4-8-20(19)21)28-12-10-27(11-13-28)16-23-26-22(17-30-23)18-6-2-1-3-7-18/h1-9,15,17,25H,10-14,16H2.